The van der Waals surface area contributed by atoms with Crippen LogP contribution in [0.3, 0.4) is 0 Å². The van der Waals surface area contributed by atoms with Gasteiger partial charge >= 0.3 is 6.18 Å². The molecule has 0 bridgehead atoms. The number of sulfone groups is 1. The minimum Gasteiger partial charge on any atom is -0.302 e. The summed E-state index contributed by atoms with van der Waals surface area (Å²) >= 11 is 0. The Balaban J connectivity index is 1.81. The summed E-state index contributed by atoms with van der Waals surface area (Å²) in [5, 5.41) is 9.45. The van der Waals surface area contributed by atoms with E-state index in [0.717, 1.165) is 6.20 Å². The first kappa shape index (κ1) is 22.2. The first-order valence-electron chi connectivity index (χ1n) is 10.0. The number of aryl methyl sites for hydroxylation is 1. The number of nitriles is 1. The van der Waals surface area contributed by atoms with Crippen LogP contribution < -0.4 is 4.90 Å². The summed E-state index contributed by atoms with van der Waals surface area (Å²) in [6.45, 7) is 0.0718. The Kier molecular flexibility index (Phi) is 5.24. The number of carbonyl (C=O) groups is 1. The number of halogens is 3. The largest absolute Gasteiger partial charge is 0.406 e. The second kappa shape index (κ2) is 7.55. The van der Waals surface area contributed by atoms with Crippen LogP contribution in [-0.4, -0.2) is 42.8 Å². The predicted octanol–water partition coefficient (Wildman–Crippen LogP) is 3.33. The van der Waals surface area contributed by atoms with Crippen LogP contribution in [0.1, 0.15) is 37.3 Å². The number of nitrogens with zero attached hydrogens (tertiary/aromatic N) is 4. The molecule has 0 spiro atoms. The molecule has 11 heteroatoms. The van der Waals surface area contributed by atoms with Gasteiger partial charge in [-0.1, -0.05) is 6.92 Å². The Morgan fingerprint density at radius 2 is 1.91 bits per heavy atom. The zero-order valence-corrected chi connectivity index (χ0v) is 17.9. The summed E-state index contributed by atoms with van der Waals surface area (Å²) in [6, 6.07) is 5.15. The van der Waals surface area contributed by atoms with Gasteiger partial charge < -0.3 is 4.90 Å². The second-order valence-electron chi connectivity index (χ2n) is 7.96. The van der Waals surface area contributed by atoms with Crippen LogP contribution in [0.5, 0.6) is 0 Å². The van der Waals surface area contributed by atoms with Crippen molar-refractivity contribution in [3.63, 3.8) is 0 Å². The van der Waals surface area contributed by atoms with Crippen molar-refractivity contribution in [1.82, 2.24) is 9.97 Å². The van der Waals surface area contributed by atoms with Crippen molar-refractivity contribution in [3.05, 3.63) is 35.7 Å². The maximum atomic E-state index is 12.9. The van der Waals surface area contributed by atoms with Gasteiger partial charge in [0.2, 0.25) is 5.91 Å². The van der Waals surface area contributed by atoms with E-state index in [1.807, 2.05) is 0 Å². The van der Waals surface area contributed by atoms with Gasteiger partial charge in [-0.05, 0) is 42.5 Å². The van der Waals surface area contributed by atoms with E-state index in [1.165, 1.54) is 25.3 Å². The lowest BCUT2D eigenvalue weighted by Gasteiger charge is -2.30. The average Bonchev–Trinajstić information content (AvgIpc) is 3.55. The molecule has 3 heterocycles. The maximum absolute atomic E-state index is 12.9. The Bertz CT molecular complexity index is 1250. The number of anilines is 1. The summed E-state index contributed by atoms with van der Waals surface area (Å²) < 4.78 is 64.4. The molecule has 0 unspecified atom stereocenters. The first-order valence-corrected chi connectivity index (χ1v) is 11.7. The molecule has 4 rings (SSSR count). The van der Waals surface area contributed by atoms with Gasteiger partial charge in [-0.25, -0.2) is 8.42 Å². The standard InChI is InChI=1S/C21H19F3N4O3S/c1-2-32(30,31)17-8-14(20(11-25)5-6-20)9-27-19(17)15-7-13-3-4-18(29)28(12-21(22,23)24)16(13)10-26-15/h7-10H,2-6,12H2,1H3. The zero-order valence-electron chi connectivity index (χ0n) is 17.1. The Morgan fingerprint density at radius 1 is 1.19 bits per heavy atom. The van der Waals surface area contributed by atoms with Crippen molar-refractivity contribution in [2.75, 3.05) is 17.2 Å². The van der Waals surface area contributed by atoms with E-state index in [-0.39, 0.29) is 40.6 Å². The molecule has 1 aliphatic carbocycles. The van der Waals surface area contributed by atoms with Crippen LogP contribution in [0.15, 0.2) is 29.4 Å². The van der Waals surface area contributed by atoms with Crippen LogP contribution in [0.25, 0.3) is 11.4 Å². The van der Waals surface area contributed by atoms with E-state index >= 15 is 0 Å². The number of rotatable bonds is 5. The van der Waals surface area contributed by atoms with E-state index in [4.69, 9.17) is 0 Å². The van der Waals surface area contributed by atoms with Gasteiger partial charge in [0, 0.05) is 12.6 Å². The first-order chi connectivity index (χ1) is 15.0. The molecule has 1 aliphatic heterocycles. The van der Waals surface area contributed by atoms with Crippen LogP contribution in [-0.2, 0) is 26.5 Å². The van der Waals surface area contributed by atoms with Gasteiger partial charge in [0.15, 0.2) is 9.84 Å². The predicted molar refractivity (Wildman–Crippen MR) is 108 cm³/mol. The summed E-state index contributed by atoms with van der Waals surface area (Å²) in [7, 11) is -3.73. The monoisotopic (exact) mass is 464 g/mol. The molecule has 7 nitrogen and oxygen atoms in total. The van der Waals surface area contributed by atoms with Crippen LogP contribution in [0.4, 0.5) is 18.9 Å². The molecule has 0 atom stereocenters. The molecule has 2 aliphatic rings. The molecular formula is C21H19F3N4O3S. The highest BCUT2D eigenvalue weighted by molar-refractivity contribution is 7.91. The van der Waals surface area contributed by atoms with E-state index in [1.54, 1.807) is 0 Å². The van der Waals surface area contributed by atoms with Gasteiger partial charge in [0.1, 0.15) is 12.2 Å². The number of hydrogen-bond acceptors (Lipinski definition) is 6. The third kappa shape index (κ3) is 3.95. The van der Waals surface area contributed by atoms with Crippen molar-refractivity contribution >= 4 is 21.4 Å². The van der Waals surface area contributed by atoms with Crippen molar-refractivity contribution in [3.8, 4) is 17.5 Å². The van der Waals surface area contributed by atoms with Crippen LogP contribution in [0, 0.1) is 11.3 Å². The number of pyridine rings is 2. The van der Waals surface area contributed by atoms with Crippen LogP contribution >= 0.6 is 0 Å². The fourth-order valence-corrected chi connectivity index (χ4v) is 4.88. The third-order valence-corrected chi connectivity index (χ3v) is 7.57. The van der Waals surface area contributed by atoms with E-state index in [9.17, 15) is 31.6 Å². The van der Waals surface area contributed by atoms with Crippen molar-refractivity contribution < 1.29 is 26.4 Å². The van der Waals surface area contributed by atoms with E-state index < -0.39 is 33.9 Å². The number of fused-ring (bicyclic) bond motifs is 1. The number of amides is 1. The molecule has 2 aromatic rings. The fourth-order valence-electron chi connectivity index (χ4n) is 3.81. The van der Waals surface area contributed by atoms with Crippen molar-refractivity contribution in [2.24, 2.45) is 0 Å². The zero-order chi connectivity index (χ0) is 23.3. The lowest BCUT2D eigenvalue weighted by molar-refractivity contribution is -0.132. The lowest BCUT2D eigenvalue weighted by Crippen LogP contribution is -2.41. The average molecular weight is 464 g/mol. The topological polar surface area (TPSA) is 104 Å². The molecule has 32 heavy (non-hydrogen) atoms. The molecule has 2 aromatic heterocycles. The van der Waals surface area contributed by atoms with Crippen molar-refractivity contribution in [2.45, 2.75) is 49.1 Å². The summed E-state index contributed by atoms with van der Waals surface area (Å²) in [6.07, 6.45) is -0.591. The molecule has 168 valence electrons. The molecule has 0 aromatic carbocycles. The molecule has 0 N–H and O–H groups in total. The Hall–Kier alpha value is -3.00. The highest BCUT2D eigenvalue weighted by Crippen LogP contribution is 2.48. The van der Waals surface area contributed by atoms with E-state index in [2.05, 4.69) is 16.0 Å². The summed E-state index contributed by atoms with van der Waals surface area (Å²) in [5.41, 5.74) is 0.568. The number of alkyl halides is 3. The molecule has 1 amide bonds. The molecule has 1 fully saturated rings. The Labute approximate surface area is 182 Å². The summed E-state index contributed by atoms with van der Waals surface area (Å²) in [4.78, 5) is 21.1. The molecule has 1 saturated carbocycles. The fraction of sp³-hybridized carbons (Fsp3) is 0.429. The highest BCUT2D eigenvalue weighted by Gasteiger charge is 2.46. The van der Waals surface area contributed by atoms with Gasteiger partial charge in [-0.3, -0.25) is 14.8 Å². The third-order valence-electron chi connectivity index (χ3n) is 5.83. The Morgan fingerprint density at radius 3 is 2.50 bits per heavy atom. The lowest BCUT2D eigenvalue weighted by atomic mass is 9.98. The van der Waals surface area contributed by atoms with Gasteiger partial charge in [0.25, 0.3) is 0 Å². The SMILES string of the molecule is CCS(=O)(=O)c1cc(C2(C#N)CC2)cnc1-c1cc2c(cn1)N(CC(F)(F)F)C(=O)CC2. The van der Waals surface area contributed by atoms with Crippen molar-refractivity contribution in [1.29, 1.82) is 5.26 Å². The maximum Gasteiger partial charge on any atom is 0.406 e. The molecular weight excluding hydrogens is 445 g/mol. The van der Waals surface area contributed by atoms with Gasteiger partial charge in [-0.2, -0.15) is 18.4 Å². The van der Waals surface area contributed by atoms with Crippen LogP contribution in [0.2, 0.25) is 0 Å². The normalized spacial score (nSPS) is 17.6. The smallest absolute Gasteiger partial charge is 0.302 e. The minimum atomic E-state index is -4.57. The van der Waals surface area contributed by atoms with Gasteiger partial charge in [-0.15, -0.1) is 0 Å². The number of aromatic nitrogens is 2. The number of hydrogen-bond donors (Lipinski definition) is 0. The quantitative estimate of drug-likeness (QED) is 0.672. The number of carbonyl (C=O) groups excluding carboxylic acids is 1. The minimum absolute atomic E-state index is 0.0558. The van der Waals surface area contributed by atoms with Gasteiger partial charge in [0.05, 0.1) is 39.7 Å². The molecule has 0 saturated heterocycles. The molecule has 0 radical (unpaired) electrons. The highest BCUT2D eigenvalue weighted by atomic mass is 32.2. The van der Waals surface area contributed by atoms with E-state index in [0.29, 0.717) is 28.9 Å². The second-order valence-corrected chi connectivity index (χ2v) is 10.2. The summed E-state index contributed by atoms with van der Waals surface area (Å²) in [5.74, 6) is -0.837.